The molecule has 0 N–H and O–H groups in total. The number of carbonyl (C=O) groups is 3. The number of Topliss-reactive ketones (excluding diaryl/α,β-unsaturated/α-hetero) is 2. The van der Waals surface area contributed by atoms with Crippen LogP contribution in [0, 0.1) is 0 Å². The molecule has 0 saturated carbocycles. The monoisotopic (exact) mass is 492 g/mol. The van der Waals surface area contributed by atoms with E-state index in [0.717, 1.165) is 44.9 Å². The van der Waals surface area contributed by atoms with E-state index in [-0.39, 0.29) is 5.97 Å². The molecule has 0 saturated heterocycles. The highest BCUT2D eigenvalue weighted by Gasteiger charge is 1.98. The third-order valence-electron chi connectivity index (χ3n) is 5.98. The van der Waals surface area contributed by atoms with E-state index in [1.807, 2.05) is 6.08 Å². The summed E-state index contributed by atoms with van der Waals surface area (Å²) in [7, 11) is 1.45. The van der Waals surface area contributed by atoms with Crippen LogP contribution in [0.1, 0.15) is 149 Å². The van der Waals surface area contributed by atoms with E-state index in [2.05, 4.69) is 23.5 Å². The fourth-order valence-electron chi connectivity index (χ4n) is 3.76. The molecule has 4 nitrogen and oxygen atoms in total. The second-order valence-electron chi connectivity index (χ2n) is 9.66. The first-order chi connectivity index (χ1) is 16.9. The minimum atomic E-state index is -0.0909. The van der Waals surface area contributed by atoms with Crippen molar-refractivity contribution in [2.75, 3.05) is 7.11 Å². The first-order valence-electron chi connectivity index (χ1n) is 14.3. The number of methoxy groups -OCH3 is 1. The molecule has 0 aromatic carbocycles. The number of hydrogen-bond acceptors (Lipinski definition) is 4. The summed E-state index contributed by atoms with van der Waals surface area (Å²) in [5.41, 5.74) is 0. The molecular formula is C31H56O4. The van der Waals surface area contributed by atoms with E-state index >= 15 is 0 Å². The van der Waals surface area contributed by atoms with Gasteiger partial charge >= 0.3 is 5.97 Å². The second-order valence-corrected chi connectivity index (χ2v) is 9.66. The maximum absolute atomic E-state index is 10.9. The van der Waals surface area contributed by atoms with Crippen molar-refractivity contribution in [3.05, 3.63) is 24.8 Å². The summed E-state index contributed by atoms with van der Waals surface area (Å²) in [4.78, 5) is 32.3. The van der Waals surface area contributed by atoms with Crippen molar-refractivity contribution in [2.24, 2.45) is 0 Å². The van der Waals surface area contributed by atoms with Crippen LogP contribution in [0.4, 0.5) is 0 Å². The molecule has 0 unspecified atom stereocenters. The Balaban J connectivity index is 0. The van der Waals surface area contributed by atoms with Crippen molar-refractivity contribution in [1.29, 1.82) is 0 Å². The Kier molecular flexibility index (Phi) is 30.7. The van der Waals surface area contributed by atoms with Crippen LogP contribution in [0.5, 0.6) is 0 Å². The quantitative estimate of drug-likeness (QED) is 0.0765. The van der Waals surface area contributed by atoms with Crippen molar-refractivity contribution in [3.63, 3.8) is 0 Å². The summed E-state index contributed by atoms with van der Waals surface area (Å²) in [5.74, 6) is 0.546. The molecule has 0 radical (unpaired) electrons. The van der Waals surface area contributed by atoms with Gasteiger partial charge in [-0.3, -0.25) is 4.79 Å². The number of hydrogen-bond donors (Lipinski definition) is 0. The molecule has 0 amide bonds. The molecule has 0 spiro atoms. The average molecular weight is 493 g/mol. The van der Waals surface area contributed by atoms with Crippen molar-refractivity contribution in [3.8, 4) is 0 Å². The predicted octanol–water partition coefficient (Wildman–Crippen LogP) is 9.26. The standard InChI is InChI=1S/C20H36O3.C11H20O/c1-19(21)17-15-13-11-9-7-5-3-4-6-8-10-12-14-16-18-20(22)23-2;1-3-4-5-6-7-8-9-10-11(2)12/h3-4H,5-18H2,1-2H3;3H,1,4-10H2,2H3. The Morgan fingerprint density at radius 1 is 0.543 bits per heavy atom. The zero-order chi connectivity index (χ0) is 26.4. The van der Waals surface area contributed by atoms with Gasteiger partial charge in [-0.2, -0.15) is 0 Å². The molecular weight excluding hydrogens is 436 g/mol. The summed E-state index contributed by atoms with van der Waals surface area (Å²) in [5, 5.41) is 0. The van der Waals surface area contributed by atoms with Crippen LogP contribution in [0.15, 0.2) is 24.8 Å². The average Bonchev–Trinajstić information content (AvgIpc) is 2.83. The van der Waals surface area contributed by atoms with E-state index in [1.54, 1.807) is 13.8 Å². The molecule has 0 heterocycles. The number of unbranched alkanes of at least 4 members (excludes halogenated alkanes) is 15. The van der Waals surface area contributed by atoms with E-state index in [1.165, 1.54) is 90.6 Å². The highest BCUT2D eigenvalue weighted by molar-refractivity contribution is 5.75. The molecule has 0 aliphatic carbocycles. The van der Waals surface area contributed by atoms with Crippen molar-refractivity contribution >= 4 is 17.5 Å². The van der Waals surface area contributed by atoms with Crippen molar-refractivity contribution in [2.45, 2.75) is 149 Å². The molecule has 4 heteroatoms. The fraction of sp³-hybridized carbons (Fsp3) is 0.774. The number of ketones is 2. The molecule has 0 aliphatic heterocycles. The molecule has 35 heavy (non-hydrogen) atoms. The lowest BCUT2D eigenvalue weighted by atomic mass is 10.1. The minimum absolute atomic E-state index is 0.0909. The van der Waals surface area contributed by atoms with Gasteiger partial charge in [0.05, 0.1) is 7.11 Å². The summed E-state index contributed by atoms with van der Waals surface area (Å²) in [6.45, 7) is 7.01. The van der Waals surface area contributed by atoms with Gasteiger partial charge in [0, 0.05) is 19.3 Å². The van der Waals surface area contributed by atoms with Crippen LogP contribution in [0.2, 0.25) is 0 Å². The molecule has 0 atom stereocenters. The number of esters is 1. The number of carbonyl (C=O) groups excluding carboxylic acids is 3. The Morgan fingerprint density at radius 3 is 1.26 bits per heavy atom. The summed E-state index contributed by atoms with van der Waals surface area (Å²) >= 11 is 0. The van der Waals surface area contributed by atoms with Gasteiger partial charge in [0.25, 0.3) is 0 Å². The number of rotatable bonds is 24. The lowest BCUT2D eigenvalue weighted by Crippen LogP contribution is -1.98. The molecule has 204 valence electrons. The third-order valence-corrected chi connectivity index (χ3v) is 5.98. The summed E-state index contributed by atoms with van der Waals surface area (Å²) < 4.78 is 4.62. The van der Waals surface area contributed by atoms with Gasteiger partial charge in [0.2, 0.25) is 0 Å². The molecule has 0 rings (SSSR count). The first kappa shape index (κ1) is 35.5. The van der Waals surface area contributed by atoms with E-state index in [0.29, 0.717) is 18.0 Å². The molecule has 0 aromatic rings. The second kappa shape index (κ2) is 30.3. The van der Waals surface area contributed by atoms with Crippen LogP contribution in [0.25, 0.3) is 0 Å². The van der Waals surface area contributed by atoms with Gasteiger partial charge in [0.1, 0.15) is 11.6 Å². The smallest absolute Gasteiger partial charge is 0.305 e. The SMILES string of the molecule is C=CCCCCCCCC(C)=O.COC(=O)CCCCCCCC=CCCCCCCCC(C)=O. The lowest BCUT2D eigenvalue weighted by molar-refractivity contribution is -0.140. The molecule has 0 aromatic heterocycles. The van der Waals surface area contributed by atoms with E-state index in [9.17, 15) is 14.4 Å². The Bertz CT molecular complexity index is 536. The maximum atomic E-state index is 10.9. The molecule has 0 bridgehead atoms. The van der Waals surface area contributed by atoms with Crippen LogP contribution in [-0.4, -0.2) is 24.6 Å². The largest absolute Gasteiger partial charge is 0.469 e. The van der Waals surface area contributed by atoms with Gasteiger partial charge in [-0.15, -0.1) is 6.58 Å². The number of allylic oxidation sites excluding steroid dienone is 3. The Labute approximate surface area is 217 Å². The van der Waals surface area contributed by atoms with Crippen LogP contribution >= 0.6 is 0 Å². The Hall–Kier alpha value is -1.71. The first-order valence-corrected chi connectivity index (χ1v) is 14.3. The molecule has 0 aliphatic rings. The van der Waals surface area contributed by atoms with Gasteiger partial charge in [-0.05, 0) is 71.6 Å². The lowest BCUT2D eigenvalue weighted by Gasteiger charge is -2.00. The van der Waals surface area contributed by atoms with Crippen molar-refractivity contribution in [1.82, 2.24) is 0 Å². The number of ether oxygens (including phenoxy) is 1. The van der Waals surface area contributed by atoms with Crippen LogP contribution < -0.4 is 0 Å². The highest BCUT2D eigenvalue weighted by Crippen LogP contribution is 2.10. The van der Waals surface area contributed by atoms with E-state index in [4.69, 9.17) is 0 Å². The summed E-state index contributed by atoms with van der Waals surface area (Å²) in [6.07, 6.45) is 30.1. The van der Waals surface area contributed by atoms with Gasteiger partial charge in [-0.25, -0.2) is 0 Å². The minimum Gasteiger partial charge on any atom is -0.469 e. The maximum Gasteiger partial charge on any atom is 0.305 e. The third kappa shape index (κ3) is 37.0. The van der Waals surface area contributed by atoms with Crippen LogP contribution in [-0.2, 0) is 19.1 Å². The molecule has 0 fully saturated rings. The normalized spacial score (nSPS) is 10.6. The van der Waals surface area contributed by atoms with Gasteiger partial charge in [-0.1, -0.05) is 76.0 Å². The topological polar surface area (TPSA) is 60.4 Å². The zero-order valence-electron chi connectivity index (χ0n) is 23.4. The predicted molar refractivity (Wildman–Crippen MR) is 150 cm³/mol. The van der Waals surface area contributed by atoms with Gasteiger partial charge in [0.15, 0.2) is 0 Å². The van der Waals surface area contributed by atoms with Crippen LogP contribution in [0.3, 0.4) is 0 Å². The zero-order valence-corrected chi connectivity index (χ0v) is 23.4. The van der Waals surface area contributed by atoms with Crippen molar-refractivity contribution < 1.29 is 19.1 Å². The summed E-state index contributed by atoms with van der Waals surface area (Å²) in [6, 6.07) is 0. The fourth-order valence-corrected chi connectivity index (χ4v) is 3.76. The van der Waals surface area contributed by atoms with Gasteiger partial charge < -0.3 is 14.3 Å². The van der Waals surface area contributed by atoms with E-state index < -0.39 is 0 Å². The Morgan fingerprint density at radius 2 is 0.886 bits per heavy atom. The highest BCUT2D eigenvalue weighted by atomic mass is 16.5.